The fraction of sp³-hybridized carbons (Fsp3) is 0.714. The predicted octanol–water partition coefficient (Wildman–Crippen LogP) is -0.367. The van der Waals surface area contributed by atoms with Gasteiger partial charge in [0.05, 0.1) is 11.6 Å². The van der Waals surface area contributed by atoms with E-state index in [4.69, 9.17) is 5.73 Å². The third kappa shape index (κ3) is 8.38. The Morgan fingerprint density at radius 1 is 1.50 bits per heavy atom. The minimum absolute atomic E-state index is 0.1000. The van der Waals surface area contributed by atoms with Crippen LogP contribution in [0.1, 0.15) is 19.8 Å². The van der Waals surface area contributed by atoms with Gasteiger partial charge >= 0.3 is 16.3 Å². The maximum atomic E-state index is 11.2. The molecule has 0 saturated carbocycles. The van der Waals surface area contributed by atoms with Gasteiger partial charge in [-0.1, -0.05) is 12.2 Å². The van der Waals surface area contributed by atoms with Crippen LogP contribution in [0.4, 0.5) is 4.79 Å². The lowest BCUT2D eigenvalue weighted by Crippen LogP contribution is -2.41. The van der Waals surface area contributed by atoms with Gasteiger partial charge in [0.15, 0.2) is 0 Å². The molecule has 0 bridgehead atoms. The van der Waals surface area contributed by atoms with Crippen LogP contribution < -0.4 is 15.2 Å². The van der Waals surface area contributed by atoms with E-state index >= 15 is 0 Å². The molecule has 9 heteroatoms. The van der Waals surface area contributed by atoms with E-state index in [2.05, 4.69) is 21.7 Å². The first-order valence-electron chi connectivity index (χ1n) is 4.60. The van der Waals surface area contributed by atoms with Crippen LogP contribution in [0.2, 0.25) is 0 Å². The van der Waals surface area contributed by atoms with Crippen LogP contribution in [-0.2, 0) is 14.9 Å². The van der Waals surface area contributed by atoms with E-state index in [1.54, 1.807) is 11.6 Å². The van der Waals surface area contributed by atoms with Crippen LogP contribution in [0.25, 0.3) is 0 Å². The molecule has 0 rings (SSSR count). The molecule has 0 heterocycles. The third-order valence-electron chi connectivity index (χ3n) is 1.39. The largest absolute Gasteiger partial charge is 0.449 e. The standard InChI is InChI=1S/C7H15N3O4S2/c1-2-14-7(11)10-16(12,13)9-5-3-4-6(8)15/h9H,2-5H2,1H3,(H2,8,15)(H,10,11). The van der Waals surface area contributed by atoms with Crippen LogP contribution in [0.5, 0.6) is 0 Å². The van der Waals surface area contributed by atoms with Gasteiger partial charge in [-0.2, -0.15) is 13.1 Å². The number of nitrogens with one attached hydrogen (secondary N) is 2. The maximum absolute atomic E-state index is 11.2. The monoisotopic (exact) mass is 269 g/mol. The molecular weight excluding hydrogens is 254 g/mol. The average molecular weight is 269 g/mol. The summed E-state index contributed by atoms with van der Waals surface area (Å²) < 4.78 is 30.6. The minimum Gasteiger partial charge on any atom is -0.449 e. The molecule has 0 aromatic carbocycles. The zero-order valence-corrected chi connectivity index (χ0v) is 10.5. The molecule has 0 radical (unpaired) electrons. The normalized spacial score (nSPS) is 10.8. The van der Waals surface area contributed by atoms with E-state index in [-0.39, 0.29) is 13.2 Å². The lowest BCUT2D eigenvalue weighted by atomic mass is 10.3. The average Bonchev–Trinajstić information content (AvgIpc) is 2.11. The van der Waals surface area contributed by atoms with Crippen LogP contribution in [0.3, 0.4) is 0 Å². The molecule has 0 unspecified atom stereocenters. The summed E-state index contributed by atoms with van der Waals surface area (Å²) >= 11 is 4.62. The number of carbonyl (C=O) groups is 1. The summed E-state index contributed by atoms with van der Waals surface area (Å²) in [6.07, 6.45) is -0.0968. The molecule has 7 nitrogen and oxygen atoms in total. The maximum Gasteiger partial charge on any atom is 0.421 e. The van der Waals surface area contributed by atoms with Crippen molar-refractivity contribution >= 4 is 33.5 Å². The van der Waals surface area contributed by atoms with E-state index in [9.17, 15) is 13.2 Å². The van der Waals surface area contributed by atoms with Crippen molar-refractivity contribution in [1.82, 2.24) is 9.44 Å². The molecule has 0 saturated heterocycles. The quantitative estimate of drug-likeness (QED) is 0.430. The lowest BCUT2D eigenvalue weighted by Gasteiger charge is -2.07. The first-order valence-corrected chi connectivity index (χ1v) is 6.49. The Morgan fingerprint density at radius 2 is 2.12 bits per heavy atom. The Bertz CT molecular complexity index is 342. The van der Waals surface area contributed by atoms with Gasteiger partial charge in [-0.05, 0) is 19.8 Å². The Kier molecular flexibility index (Phi) is 6.93. The fourth-order valence-electron chi connectivity index (χ4n) is 0.776. The lowest BCUT2D eigenvalue weighted by molar-refractivity contribution is 0.158. The molecule has 0 aliphatic rings. The second-order valence-electron chi connectivity index (χ2n) is 2.79. The smallest absolute Gasteiger partial charge is 0.421 e. The van der Waals surface area contributed by atoms with Gasteiger partial charge in [-0.25, -0.2) is 9.52 Å². The van der Waals surface area contributed by atoms with Crippen LogP contribution in [0, 0.1) is 0 Å². The van der Waals surface area contributed by atoms with Gasteiger partial charge in [0.25, 0.3) is 0 Å². The van der Waals surface area contributed by atoms with Crippen molar-refractivity contribution < 1.29 is 17.9 Å². The number of carbonyl (C=O) groups excluding carboxylic acids is 1. The molecule has 0 aliphatic carbocycles. The molecule has 16 heavy (non-hydrogen) atoms. The summed E-state index contributed by atoms with van der Waals surface area (Å²) in [6, 6.07) is 0. The molecule has 0 atom stereocenters. The Hall–Kier alpha value is -0.930. The minimum atomic E-state index is -3.86. The van der Waals surface area contributed by atoms with Gasteiger partial charge in [0.2, 0.25) is 0 Å². The van der Waals surface area contributed by atoms with E-state index in [1.807, 2.05) is 0 Å². The number of amides is 1. The van der Waals surface area contributed by atoms with E-state index < -0.39 is 16.3 Å². The molecule has 4 N–H and O–H groups in total. The number of thiocarbonyl (C=S) groups is 1. The van der Waals surface area contributed by atoms with Crippen molar-refractivity contribution in [1.29, 1.82) is 0 Å². The molecule has 0 fully saturated rings. The second-order valence-corrected chi connectivity index (χ2v) is 4.81. The second kappa shape index (κ2) is 7.36. The molecule has 1 amide bonds. The summed E-state index contributed by atoms with van der Waals surface area (Å²) in [7, 11) is -3.86. The molecule has 0 aliphatic heterocycles. The summed E-state index contributed by atoms with van der Waals surface area (Å²) in [5.41, 5.74) is 5.23. The number of rotatable bonds is 7. The Labute approximate surface area is 99.9 Å². The number of hydrogen-bond donors (Lipinski definition) is 3. The highest BCUT2D eigenvalue weighted by atomic mass is 32.2. The highest BCUT2D eigenvalue weighted by Gasteiger charge is 2.13. The van der Waals surface area contributed by atoms with Crippen molar-refractivity contribution in [2.75, 3.05) is 13.2 Å². The molecular formula is C7H15N3O4S2. The first kappa shape index (κ1) is 15.1. The van der Waals surface area contributed by atoms with E-state index in [0.717, 1.165) is 0 Å². The SMILES string of the molecule is CCOC(=O)NS(=O)(=O)NCCCC(N)=S. The van der Waals surface area contributed by atoms with Crippen molar-refractivity contribution in [3.63, 3.8) is 0 Å². The zero-order chi connectivity index (χ0) is 12.6. The summed E-state index contributed by atoms with van der Waals surface area (Å²) in [6.45, 7) is 1.82. The molecule has 0 spiro atoms. The number of hydrogen-bond acceptors (Lipinski definition) is 5. The topological polar surface area (TPSA) is 111 Å². The van der Waals surface area contributed by atoms with Crippen LogP contribution >= 0.6 is 12.2 Å². The van der Waals surface area contributed by atoms with E-state index in [0.29, 0.717) is 17.8 Å². The van der Waals surface area contributed by atoms with Crippen molar-refractivity contribution in [2.24, 2.45) is 5.73 Å². The van der Waals surface area contributed by atoms with Gasteiger partial charge in [-0.15, -0.1) is 0 Å². The van der Waals surface area contributed by atoms with Gasteiger partial charge < -0.3 is 10.5 Å². The Balaban J connectivity index is 3.87. The van der Waals surface area contributed by atoms with Crippen molar-refractivity contribution in [3.8, 4) is 0 Å². The van der Waals surface area contributed by atoms with E-state index in [1.165, 1.54) is 0 Å². The first-order chi connectivity index (χ1) is 7.37. The van der Waals surface area contributed by atoms with Crippen molar-refractivity contribution in [2.45, 2.75) is 19.8 Å². The van der Waals surface area contributed by atoms with Crippen molar-refractivity contribution in [3.05, 3.63) is 0 Å². The molecule has 0 aromatic heterocycles. The van der Waals surface area contributed by atoms with Gasteiger partial charge in [-0.3, -0.25) is 0 Å². The third-order valence-corrected chi connectivity index (χ3v) is 2.61. The Morgan fingerprint density at radius 3 is 2.62 bits per heavy atom. The highest BCUT2D eigenvalue weighted by molar-refractivity contribution is 7.88. The van der Waals surface area contributed by atoms with Crippen LogP contribution in [0.15, 0.2) is 0 Å². The fourth-order valence-corrected chi connectivity index (χ4v) is 1.68. The predicted molar refractivity (Wildman–Crippen MR) is 63.1 cm³/mol. The summed E-state index contributed by atoms with van der Waals surface area (Å²) in [5.74, 6) is 0. The molecule has 94 valence electrons. The van der Waals surface area contributed by atoms with Gasteiger partial charge in [0.1, 0.15) is 0 Å². The zero-order valence-electron chi connectivity index (χ0n) is 8.86. The summed E-state index contributed by atoms with van der Waals surface area (Å²) in [5, 5.41) is 0. The molecule has 0 aromatic rings. The summed E-state index contributed by atoms with van der Waals surface area (Å²) in [4.78, 5) is 11.1. The highest BCUT2D eigenvalue weighted by Crippen LogP contribution is 1.89. The van der Waals surface area contributed by atoms with Gasteiger partial charge in [0, 0.05) is 6.54 Å². The number of ether oxygens (including phenoxy) is 1. The van der Waals surface area contributed by atoms with Crippen LogP contribution in [-0.4, -0.2) is 32.7 Å². The number of nitrogens with two attached hydrogens (primary N) is 1.